The number of tetrazole rings is 1. The van der Waals surface area contributed by atoms with Crippen molar-refractivity contribution in [3.05, 3.63) is 29.5 Å². The zero-order chi connectivity index (χ0) is 13.9. The average molecular weight is 307 g/mol. The number of aromatic nitrogens is 5. The van der Waals surface area contributed by atoms with Crippen molar-refractivity contribution in [2.75, 3.05) is 0 Å². The maximum atomic E-state index is 5.34. The van der Waals surface area contributed by atoms with Gasteiger partial charge in [-0.15, -0.1) is 16.4 Å². The lowest BCUT2D eigenvalue weighted by Crippen LogP contribution is -2.04. The van der Waals surface area contributed by atoms with Crippen LogP contribution in [0.3, 0.4) is 0 Å². The van der Waals surface area contributed by atoms with Crippen molar-refractivity contribution < 1.29 is 4.42 Å². The fourth-order valence-electron chi connectivity index (χ4n) is 1.63. The Kier molecular flexibility index (Phi) is 3.83. The molecule has 0 saturated carbocycles. The molecule has 0 aliphatic rings. The maximum absolute atomic E-state index is 5.34. The van der Waals surface area contributed by atoms with Crippen molar-refractivity contribution in [3.8, 4) is 10.8 Å². The van der Waals surface area contributed by atoms with Crippen molar-refractivity contribution in [1.29, 1.82) is 0 Å². The number of furan rings is 1. The van der Waals surface area contributed by atoms with Crippen LogP contribution in [-0.4, -0.2) is 25.2 Å². The Morgan fingerprint density at radius 1 is 1.45 bits per heavy atom. The lowest BCUT2D eigenvalue weighted by Gasteiger charge is -2.05. The third-order valence-electron chi connectivity index (χ3n) is 2.58. The summed E-state index contributed by atoms with van der Waals surface area (Å²) in [4.78, 5) is 4.55. The van der Waals surface area contributed by atoms with Crippen molar-refractivity contribution in [2.45, 2.75) is 30.8 Å². The van der Waals surface area contributed by atoms with Gasteiger partial charge in [0.1, 0.15) is 0 Å². The van der Waals surface area contributed by atoms with Crippen LogP contribution < -0.4 is 0 Å². The van der Waals surface area contributed by atoms with E-state index in [9.17, 15) is 0 Å². The van der Waals surface area contributed by atoms with Gasteiger partial charge in [0, 0.05) is 11.1 Å². The summed E-state index contributed by atoms with van der Waals surface area (Å²) in [6.45, 7) is 4.11. The van der Waals surface area contributed by atoms with Crippen LogP contribution in [0.1, 0.15) is 25.6 Å². The summed E-state index contributed by atoms with van der Waals surface area (Å²) >= 11 is 3.16. The molecule has 0 fully saturated rings. The van der Waals surface area contributed by atoms with Crippen molar-refractivity contribution in [2.24, 2.45) is 0 Å². The summed E-state index contributed by atoms with van der Waals surface area (Å²) in [6, 6.07) is 4.03. The largest absolute Gasteiger partial charge is 0.462 e. The van der Waals surface area contributed by atoms with Gasteiger partial charge in [0.15, 0.2) is 10.8 Å². The van der Waals surface area contributed by atoms with Crippen molar-refractivity contribution >= 4 is 23.1 Å². The van der Waals surface area contributed by atoms with E-state index in [0.29, 0.717) is 0 Å². The topological polar surface area (TPSA) is 69.6 Å². The Bertz CT molecular complexity index is 674. The molecule has 3 aromatic heterocycles. The highest BCUT2D eigenvalue weighted by Crippen LogP contribution is 2.27. The van der Waals surface area contributed by atoms with Gasteiger partial charge in [-0.1, -0.05) is 11.8 Å². The van der Waals surface area contributed by atoms with E-state index in [1.807, 2.05) is 22.2 Å². The molecule has 0 bridgehead atoms. The molecule has 0 N–H and O–H groups in total. The summed E-state index contributed by atoms with van der Waals surface area (Å²) in [5.74, 6) is 1.54. The van der Waals surface area contributed by atoms with E-state index in [0.717, 1.165) is 27.4 Å². The summed E-state index contributed by atoms with van der Waals surface area (Å²) in [6.07, 6.45) is 1.65. The van der Waals surface area contributed by atoms with Gasteiger partial charge in [0.05, 0.1) is 18.0 Å². The molecule has 0 aromatic carbocycles. The molecule has 3 heterocycles. The minimum Gasteiger partial charge on any atom is -0.462 e. The van der Waals surface area contributed by atoms with Crippen molar-refractivity contribution in [1.82, 2.24) is 25.2 Å². The predicted molar refractivity (Wildman–Crippen MR) is 77.6 cm³/mol. The predicted octanol–water partition coefficient (Wildman–Crippen LogP) is 3.26. The van der Waals surface area contributed by atoms with Gasteiger partial charge in [-0.2, -0.15) is 0 Å². The van der Waals surface area contributed by atoms with Gasteiger partial charge < -0.3 is 4.42 Å². The highest BCUT2D eigenvalue weighted by Gasteiger charge is 2.12. The van der Waals surface area contributed by atoms with Crippen LogP contribution in [-0.2, 0) is 5.75 Å². The lowest BCUT2D eigenvalue weighted by atomic mass is 10.4. The normalized spacial score (nSPS) is 11.3. The molecule has 6 nitrogen and oxygen atoms in total. The molecule has 0 aliphatic heterocycles. The minimum atomic E-state index is 0.251. The fourth-order valence-corrected chi connectivity index (χ4v) is 3.42. The van der Waals surface area contributed by atoms with E-state index in [4.69, 9.17) is 4.42 Å². The molecular weight excluding hydrogens is 294 g/mol. The van der Waals surface area contributed by atoms with E-state index in [2.05, 4.69) is 34.4 Å². The molecule has 8 heteroatoms. The molecule has 3 rings (SSSR count). The Labute approximate surface area is 124 Å². The van der Waals surface area contributed by atoms with E-state index < -0.39 is 0 Å². The molecule has 0 unspecified atom stereocenters. The van der Waals surface area contributed by atoms with E-state index >= 15 is 0 Å². The number of rotatable bonds is 5. The number of hydrogen-bond acceptors (Lipinski definition) is 7. The van der Waals surface area contributed by atoms with Gasteiger partial charge in [0.25, 0.3) is 0 Å². The number of thiazole rings is 1. The molecule has 20 heavy (non-hydrogen) atoms. The van der Waals surface area contributed by atoms with Crippen LogP contribution in [0.5, 0.6) is 0 Å². The Morgan fingerprint density at radius 2 is 2.35 bits per heavy atom. The molecule has 3 aromatic rings. The zero-order valence-electron chi connectivity index (χ0n) is 11.1. The van der Waals surface area contributed by atoms with E-state index in [1.54, 1.807) is 29.4 Å². The van der Waals surface area contributed by atoms with Crippen molar-refractivity contribution in [3.63, 3.8) is 0 Å². The minimum absolute atomic E-state index is 0.251. The monoisotopic (exact) mass is 307 g/mol. The third-order valence-corrected chi connectivity index (χ3v) is 4.46. The van der Waals surface area contributed by atoms with Gasteiger partial charge in [-0.3, -0.25) is 0 Å². The Balaban J connectivity index is 1.68. The van der Waals surface area contributed by atoms with Crippen LogP contribution in [0.2, 0.25) is 0 Å². The molecule has 104 valence electrons. The number of nitrogens with zero attached hydrogens (tertiary/aromatic N) is 5. The smallest absolute Gasteiger partial charge is 0.209 e. The maximum Gasteiger partial charge on any atom is 0.209 e. The molecule has 0 spiro atoms. The standard InChI is InChI=1S/C12H13N5OS2/c1-8(2)17-12(14-15-16-17)20-7-9-6-19-11(13-9)10-4-3-5-18-10/h3-6,8H,7H2,1-2H3. The van der Waals surface area contributed by atoms with E-state index in [-0.39, 0.29) is 6.04 Å². The summed E-state index contributed by atoms with van der Waals surface area (Å²) in [5.41, 5.74) is 1.00. The second-order valence-electron chi connectivity index (χ2n) is 4.41. The van der Waals surface area contributed by atoms with Gasteiger partial charge >= 0.3 is 0 Å². The Hall–Kier alpha value is -1.67. The molecule has 0 saturated heterocycles. The SMILES string of the molecule is CC(C)n1nnnc1SCc1csc(-c2ccco2)n1. The Morgan fingerprint density at radius 3 is 3.10 bits per heavy atom. The summed E-state index contributed by atoms with van der Waals surface area (Å²) in [5, 5.41) is 15.5. The second kappa shape index (κ2) is 5.76. The van der Waals surface area contributed by atoms with E-state index in [1.165, 1.54) is 0 Å². The molecule has 0 radical (unpaired) electrons. The number of thioether (sulfide) groups is 1. The quantitative estimate of drug-likeness (QED) is 0.674. The van der Waals surface area contributed by atoms with Gasteiger partial charge in [0.2, 0.25) is 5.16 Å². The second-order valence-corrected chi connectivity index (χ2v) is 6.21. The number of hydrogen-bond donors (Lipinski definition) is 0. The highest BCUT2D eigenvalue weighted by molar-refractivity contribution is 7.98. The zero-order valence-corrected chi connectivity index (χ0v) is 12.7. The van der Waals surface area contributed by atoms with Crippen LogP contribution in [0.25, 0.3) is 10.8 Å². The molecule has 0 atom stereocenters. The highest BCUT2D eigenvalue weighted by atomic mass is 32.2. The van der Waals surface area contributed by atoms with Crippen LogP contribution in [0.4, 0.5) is 0 Å². The van der Waals surface area contributed by atoms with Gasteiger partial charge in [-0.05, 0) is 36.4 Å². The fraction of sp³-hybridized carbons (Fsp3) is 0.333. The summed E-state index contributed by atoms with van der Waals surface area (Å²) in [7, 11) is 0. The first-order valence-corrected chi connectivity index (χ1v) is 7.99. The van der Waals surface area contributed by atoms with Crippen LogP contribution in [0, 0.1) is 0 Å². The van der Waals surface area contributed by atoms with Gasteiger partial charge in [-0.25, -0.2) is 9.67 Å². The summed E-state index contributed by atoms with van der Waals surface area (Å²) < 4.78 is 7.15. The third kappa shape index (κ3) is 2.75. The molecule has 0 amide bonds. The first-order valence-electron chi connectivity index (χ1n) is 6.13. The first kappa shape index (κ1) is 13.3. The lowest BCUT2D eigenvalue weighted by molar-refractivity contribution is 0.477. The average Bonchev–Trinajstić information content (AvgIpc) is 3.16. The first-order chi connectivity index (χ1) is 9.74. The molecule has 0 aliphatic carbocycles. The molecular formula is C12H13N5OS2. The van der Waals surface area contributed by atoms with Crippen LogP contribution in [0.15, 0.2) is 33.3 Å². The van der Waals surface area contributed by atoms with Crippen LogP contribution >= 0.6 is 23.1 Å².